The number of likely N-dealkylation sites (N-methyl/N-ethyl adjacent to an activating group) is 2. The molecule has 578 valence electrons. The molecule has 10 heterocycles. The van der Waals surface area contributed by atoms with E-state index in [1.54, 1.807) is 96.7 Å². The van der Waals surface area contributed by atoms with Crippen molar-refractivity contribution in [1.29, 1.82) is 0 Å². The number of hydrogen-bond acceptors (Lipinski definition) is 23. The molecule has 0 bridgehead atoms. The molecule has 0 aliphatic carbocycles. The van der Waals surface area contributed by atoms with E-state index in [1.165, 1.54) is 28.3 Å². The lowest BCUT2D eigenvalue weighted by molar-refractivity contribution is -0.138. The summed E-state index contributed by atoms with van der Waals surface area (Å²) in [5, 5.41) is 23.0. The predicted molar refractivity (Wildman–Crippen MR) is 401 cm³/mol. The number of primary amides is 1. The van der Waals surface area contributed by atoms with Gasteiger partial charge in [0.1, 0.15) is 29.9 Å². The van der Waals surface area contributed by atoms with E-state index in [9.17, 15) is 62.3 Å². The second-order valence-corrected chi connectivity index (χ2v) is 28.6. The standard InChI is InChI=1S/C76H85N21O14/c1-90-33-34-94(75(90)109)48-10-7-31-92(39-48)57-38-82-63(66(86-57)84-47-21-17-45(18-22-47)68(102)80-30-36-111-35-27-43-9-5-12-50-52(43)41-96(72(50)106)54-23-25-59(98)88-69(54)103)71(105)87-58-42-95(76(110)91(58)2)49-11-8-32-93(40-49)56-37-81-62(64(77)100)65(85-56)83-46-19-15-44(16-20-46)67(101)79-29-4-3-28-78-53-14-6-13-51-61(53)74(108)97(73(51)107)55-24-26-60(99)89-70(55)104/h5-6,9,12-22,37-38,48-49,54-55,58,78H,3-4,7-8,10-11,23-36,39-42H2,1-2H3,(H2,77,100)(H,79,101)(H,80,102)(H,83,85)(H,84,86)(H,87,105)(H,88,98,103)(H,89,99,104)/t48-,49-,54?,55?,58?/m1/s1. The van der Waals surface area contributed by atoms with Gasteiger partial charge in [-0.25, -0.2) is 29.5 Å². The number of aromatic nitrogens is 4. The van der Waals surface area contributed by atoms with Crippen LogP contribution in [0, 0.1) is 0 Å². The highest BCUT2D eigenvalue weighted by molar-refractivity contribution is 6.25. The molecule has 2 aromatic heterocycles. The van der Waals surface area contributed by atoms with Gasteiger partial charge in [0.05, 0.1) is 55.4 Å². The Labute approximate surface area is 637 Å². The van der Waals surface area contributed by atoms with Crippen molar-refractivity contribution >= 4 is 117 Å². The largest absolute Gasteiger partial charge is 0.384 e. The normalized spacial score (nSPS) is 20.5. The van der Waals surface area contributed by atoms with E-state index >= 15 is 0 Å². The van der Waals surface area contributed by atoms with Crippen LogP contribution in [0.25, 0.3) is 0 Å². The molecule has 35 nitrogen and oxygen atoms in total. The molecule has 111 heavy (non-hydrogen) atoms. The second kappa shape index (κ2) is 32.6. The summed E-state index contributed by atoms with van der Waals surface area (Å²) in [6.07, 6.45) is 7.16. The monoisotopic (exact) mass is 1520 g/mol. The lowest BCUT2D eigenvalue weighted by Crippen LogP contribution is -2.54. The summed E-state index contributed by atoms with van der Waals surface area (Å²) < 4.78 is 5.91. The zero-order valence-electron chi connectivity index (χ0n) is 61.3. The van der Waals surface area contributed by atoms with Crippen LogP contribution in [-0.4, -0.2) is 249 Å². The summed E-state index contributed by atoms with van der Waals surface area (Å²) in [5.74, 6) is -4.52. The Bertz CT molecular complexity index is 4740. The summed E-state index contributed by atoms with van der Waals surface area (Å²) in [4.78, 5) is 202. The molecule has 35 heteroatoms. The quantitative estimate of drug-likeness (QED) is 0.0264. The fourth-order valence-corrected chi connectivity index (χ4v) is 15.4. The van der Waals surface area contributed by atoms with E-state index < -0.39 is 59.6 Å². The van der Waals surface area contributed by atoms with Gasteiger partial charge in [-0.2, -0.15) is 0 Å². The minimum absolute atomic E-state index is 0.0116. The number of fused-ring (bicyclic) bond motifs is 2. The molecule has 10 N–H and O–H groups in total. The van der Waals surface area contributed by atoms with Crippen molar-refractivity contribution in [2.24, 2.45) is 5.73 Å². The highest BCUT2D eigenvalue weighted by Crippen LogP contribution is 2.36. The first-order valence-corrected chi connectivity index (χ1v) is 37.3. The number of carbonyl (C=O) groups is 13. The Morgan fingerprint density at radius 2 is 1.15 bits per heavy atom. The fraction of sp³-hybridized carbons (Fsp3) is 0.408. The van der Waals surface area contributed by atoms with Crippen LogP contribution in [0.4, 0.5) is 49.9 Å². The van der Waals surface area contributed by atoms with Gasteiger partial charge >= 0.3 is 12.1 Å². The molecule has 15 amide bonds. The summed E-state index contributed by atoms with van der Waals surface area (Å²) in [6, 6.07) is 20.8. The van der Waals surface area contributed by atoms with Crippen LogP contribution in [0.3, 0.4) is 0 Å². The number of nitrogens with one attached hydrogen (secondary N) is 8. The number of nitrogens with two attached hydrogens (primary N) is 1. The molecular weight excluding hydrogens is 1430 g/mol. The molecule has 14 rings (SSSR count). The number of piperidine rings is 4. The molecule has 3 unspecified atom stereocenters. The number of carbonyl (C=O) groups excluding carboxylic acids is 13. The first-order valence-electron chi connectivity index (χ1n) is 37.3. The van der Waals surface area contributed by atoms with E-state index in [2.05, 4.69) is 47.5 Å². The minimum Gasteiger partial charge on any atom is -0.384 e. The van der Waals surface area contributed by atoms with E-state index in [1.807, 2.05) is 20.8 Å². The number of amides is 15. The number of unbranched alkanes of at least 4 members (excludes halogenated alkanes) is 1. The summed E-state index contributed by atoms with van der Waals surface area (Å²) in [6.45, 7) is 5.02. The molecule has 0 saturated carbocycles. The molecule has 6 saturated heterocycles. The average Bonchev–Trinajstić information content (AvgIpc) is 1.60. The maximum Gasteiger partial charge on any atom is 0.321 e. The van der Waals surface area contributed by atoms with Crippen molar-refractivity contribution in [3.8, 4) is 0 Å². The Morgan fingerprint density at radius 3 is 1.77 bits per heavy atom. The Hall–Kier alpha value is -12.7. The molecule has 6 aromatic rings. The van der Waals surface area contributed by atoms with Gasteiger partial charge in [0, 0.05) is 126 Å². The van der Waals surface area contributed by atoms with Crippen molar-refractivity contribution in [2.75, 3.05) is 119 Å². The molecule has 8 aliphatic heterocycles. The van der Waals surface area contributed by atoms with Gasteiger partial charge < -0.3 is 76.7 Å². The predicted octanol–water partition coefficient (Wildman–Crippen LogP) is 3.05. The highest BCUT2D eigenvalue weighted by Gasteiger charge is 2.47. The number of ether oxygens (including phenoxy) is 1. The first kappa shape index (κ1) is 75.1. The number of benzene rings is 4. The van der Waals surface area contributed by atoms with E-state index in [4.69, 9.17) is 25.4 Å². The number of hydrogen-bond donors (Lipinski definition) is 9. The first-order chi connectivity index (χ1) is 53.6. The van der Waals surface area contributed by atoms with Crippen LogP contribution in [0.2, 0.25) is 0 Å². The van der Waals surface area contributed by atoms with Crippen LogP contribution >= 0.6 is 0 Å². The van der Waals surface area contributed by atoms with Crippen LogP contribution in [0.15, 0.2) is 97.3 Å². The van der Waals surface area contributed by atoms with E-state index in [-0.39, 0.29) is 134 Å². The maximum atomic E-state index is 14.7. The van der Waals surface area contributed by atoms with Gasteiger partial charge in [0.2, 0.25) is 23.6 Å². The fourth-order valence-electron chi connectivity index (χ4n) is 15.4. The SMILES string of the molecule is CN1CCN([C@@H]2CCCN(c3cnc(C(=O)NC4CN([C@@H]5CCCN(c6cnc(C(N)=O)c(Nc7ccc(C(=O)NCCCCNc8cccc9c8C(=O)N(C8CCC(=O)NC8=O)C9=O)cc7)n6)C5)C(=O)N4C)c(Nc4ccc(C(=O)NCCOCCc5cccc6c5CN(C5CCC(=O)NC5=O)C6=O)cc4)n3)C2)C1=O. The topological polar surface area (TPSA) is 431 Å². The smallest absolute Gasteiger partial charge is 0.321 e. The Kier molecular flexibility index (Phi) is 22.1. The van der Waals surface area contributed by atoms with Gasteiger partial charge in [0.25, 0.3) is 41.4 Å². The van der Waals surface area contributed by atoms with Gasteiger partial charge in [0.15, 0.2) is 23.0 Å². The lowest BCUT2D eigenvalue weighted by Gasteiger charge is -2.38. The minimum atomic E-state index is -1.08. The number of anilines is 7. The number of rotatable bonds is 27. The lowest BCUT2D eigenvalue weighted by atomic mass is 10.0. The summed E-state index contributed by atoms with van der Waals surface area (Å²) in [5.41, 5.74) is 10.3. The molecule has 0 spiro atoms. The van der Waals surface area contributed by atoms with Crippen molar-refractivity contribution in [3.05, 3.63) is 148 Å². The van der Waals surface area contributed by atoms with Crippen LogP contribution < -0.4 is 58.1 Å². The Morgan fingerprint density at radius 1 is 0.568 bits per heavy atom. The van der Waals surface area contributed by atoms with Crippen molar-refractivity contribution in [2.45, 2.75) is 108 Å². The van der Waals surface area contributed by atoms with E-state index in [0.717, 1.165) is 28.9 Å². The molecule has 6 fully saturated rings. The number of urea groups is 2. The van der Waals surface area contributed by atoms with Crippen molar-refractivity contribution < 1.29 is 67.1 Å². The van der Waals surface area contributed by atoms with E-state index in [0.29, 0.717) is 136 Å². The third-order valence-electron chi connectivity index (χ3n) is 21.4. The molecule has 0 radical (unpaired) electrons. The molecule has 5 atom stereocenters. The zero-order valence-corrected chi connectivity index (χ0v) is 61.3. The number of imide groups is 3. The van der Waals surface area contributed by atoms with Crippen LogP contribution in [-0.2, 0) is 36.9 Å². The summed E-state index contributed by atoms with van der Waals surface area (Å²) >= 11 is 0. The van der Waals surface area contributed by atoms with Gasteiger partial charge in [-0.3, -0.25) is 68.3 Å². The van der Waals surface area contributed by atoms with Crippen LogP contribution in [0.1, 0.15) is 148 Å². The third kappa shape index (κ3) is 16.1. The van der Waals surface area contributed by atoms with Crippen molar-refractivity contribution in [1.82, 2.24) is 75.9 Å². The average molecular weight is 1520 g/mol. The second-order valence-electron chi connectivity index (χ2n) is 28.6. The maximum absolute atomic E-state index is 14.7. The van der Waals surface area contributed by atoms with Gasteiger partial charge in [-0.05, 0) is 136 Å². The summed E-state index contributed by atoms with van der Waals surface area (Å²) in [7, 11) is 3.39. The van der Waals surface area contributed by atoms with Crippen LogP contribution in [0.5, 0.6) is 0 Å². The Balaban J connectivity index is 0.570. The number of nitrogens with zero attached hydrogens (tertiary/aromatic N) is 12. The molecule has 8 aliphatic rings. The third-order valence-corrected chi connectivity index (χ3v) is 21.4. The zero-order chi connectivity index (χ0) is 77.7. The van der Waals surface area contributed by atoms with Gasteiger partial charge in [-0.1, -0.05) is 18.2 Å². The van der Waals surface area contributed by atoms with Crippen molar-refractivity contribution in [3.63, 3.8) is 0 Å². The molecule has 4 aromatic carbocycles. The van der Waals surface area contributed by atoms with Gasteiger partial charge in [-0.15, -0.1) is 0 Å². The molecular formula is C76H85N21O14. The highest BCUT2D eigenvalue weighted by atomic mass is 16.5.